The van der Waals surface area contributed by atoms with Gasteiger partial charge in [-0.3, -0.25) is 0 Å². The molecule has 1 aromatic heterocycles. The molecule has 3 nitrogen and oxygen atoms in total. The van der Waals surface area contributed by atoms with Gasteiger partial charge in [0.15, 0.2) is 0 Å². The van der Waals surface area contributed by atoms with Crippen LogP contribution in [0, 0.1) is 20.8 Å². The van der Waals surface area contributed by atoms with Crippen LogP contribution < -0.4 is 4.74 Å². The summed E-state index contributed by atoms with van der Waals surface area (Å²) in [7, 11) is 1.70. The number of H-pyrrole nitrogens is 1. The molecule has 0 radical (unpaired) electrons. The predicted octanol–water partition coefficient (Wildman–Crippen LogP) is 3.75. The molecule has 0 spiro atoms. The minimum Gasteiger partial charge on any atom is -0.496 e. The summed E-state index contributed by atoms with van der Waals surface area (Å²) in [4.78, 5) is 7.45. The minimum absolute atomic E-state index is 0.381. The fourth-order valence-corrected chi connectivity index (χ4v) is 2.33. The molecular formula is C14H17ClN2O. The molecule has 0 saturated carbocycles. The van der Waals surface area contributed by atoms with Gasteiger partial charge in [-0.2, -0.15) is 0 Å². The van der Waals surface area contributed by atoms with Crippen molar-refractivity contribution in [3.05, 3.63) is 34.8 Å². The maximum absolute atomic E-state index is 5.77. The highest BCUT2D eigenvalue weighted by atomic mass is 35.5. The van der Waals surface area contributed by atoms with Crippen LogP contribution in [0.15, 0.2) is 12.3 Å². The Balaban J connectivity index is 2.66. The van der Waals surface area contributed by atoms with E-state index < -0.39 is 0 Å². The van der Waals surface area contributed by atoms with Crippen LogP contribution in [-0.2, 0) is 5.88 Å². The number of imidazole rings is 1. The molecule has 4 heteroatoms. The third kappa shape index (κ3) is 2.10. The van der Waals surface area contributed by atoms with Gasteiger partial charge in [0.05, 0.1) is 24.9 Å². The van der Waals surface area contributed by atoms with Crippen LogP contribution in [0.4, 0.5) is 0 Å². The van der Waals surface area contributed by atoms with Gasteiger partial charge in [0.1, 0.15) is 11.6 Å². The first-order valence-electron chi connectivity index (χ1n) is 5.83. The van der Waals surface area contributed by atoms with Crippen LogP contribution in [0.2, 0.25) is 0 Å². The molecular weight excluding hydrogens is 248 g/mol. The molecule has 0 saturated heterocycles. The van der Waals surface area contributed by atoms with E-state index in [1.807, 2.05) is 0 Å². The van der Waals surface area contributed by atoms with Crippen molar-refractivity contribution >= 4 is 11.6 Å². The van der Waals surface area contributed by atoms with E-state index in [0.29, 0.717) is 5.88 Å². The van der Waals surface area contributed by atoms with Crippen LogP contribution in [0.1, 0.15) is 22.5 Å². The fraction of sp³-hybridized carbons (Fsp3) is 0.357. The number of nitrogens with one attached hydrogen (secondary N) is 1. The molecule has 0 bridgehead atoms. The molecule has 1 N–H and O–H groups in total. The molecule has 0 aliphatic heterocycles. The lowest BCUT2D eigenvalue weighted by Gasteiger charge is -2.15. The number of ether oxygens (including phenoxy) is 1. The highest BCUT2D eigenvalue weighted by molar-refractivity contribution is 6.16. The molecule has 0 aliphatic rings. The van der Waals surface area contributed by atoms with Gasteiger partial charge in [0, 0.05) is 5.56 Å². The third-order valence-corrected chi connectivity index (χ3v) is 3.47. The van der Waals surface area contributed by atoms with E-state index in [0.717, 1.165) is 28.4 Å². The van der Waals surface area contributed by atoms with Crippen molar-refractivity contribution in [2.24, 2.45) is 0 Å². The monoisotopic (exact) mass is 264 g/mol. The number of benzene rings is 1. The summed E-state index contributed by atoms with van der Waals surface area (Å²) in [5.41, 5.74) is 5.55. The Morgan fingerprint density at radius 3 is 2.56 bits per heavy atom. The van der Waals surface area contributed by atoms with Crippen molar-refractivity contribution < 1.29 is 4.74 Å². The molecule has 96 valence electrons. The maximum Gasteiger partial charge on any atom is 0.131 e. The smallest absolute Gasteiger partial charge is 0.131 e. The standard InChI is InChI=1S/C14H17ClN2O/c1-8-5-9(2)13(14(18-4)10(8)3)11-7-16-12(6-15)17-11/h5,7H,6H2,1-4H3,(H,16,17). The van der Waals surface area contributed by atoms with E-state index in [4.69, 9.17) is 16.3 Å². The summed E-state index contributed by atoms with van der Waals surface area (Å²) in [5, 5.41) is 0. The number of aryl methyl sites for hydroxylation is 2. The summed E-state index contributed by atoms with van der Waals surface area (Å²) >= 11 is 5.77. The lowest BCUT2D eigenvalue weighted by Crippen LogP contribution is -1.97. The number of hydrogen-bond acceptors (Lipinski definition) is 2. The Labute approximate surface area is 112 Å². The van der Waals surface area contributed by atoms with Crippen molar-refractivity contribution in [3.8, 4) is 17.0 Å². The van der Waals surface area contributed by atoms with Crippen molar-refractivity contribution in [3.63, 3.8) is 0 Å². The Hall–Kier alpha value is -1.48. The van der Waals surface area contributed by atoms with Gasteiger partial charge in [-0.05, 0) is 37.5 Å². The molecule has 0 unspecified atom stereocenters. The molecule has 0 amide bonds. The second kappa shape index (κ2) is 5.02. The molecule has 2 rings (SSSR count). The quantitative estimate of drug-likeness (QED) is 0.858. The second-order valence-corrected chi connectivity index (χ2v) is 4.69. The van der Waals surface area contributed by atoms with Gasteiger partial charge < -0.3 is 9.72 Å². The SMILES string of the molecule is COc1c(C)c(C)cc(C)c1-c1cnc(CCl)[nH]1. The van der Waals surface area contributed by atoms with Crippen molar-refractivity contribution in [1.82, 2.24) is 9.97 Å². The van der Waals surface area contributed by atoms with Gasteiger partial charge in [0.2, 0.25) is 0 Å². The van der Waals surface area contributed by atoms with E-state index in [1.165, 1.54) is 11.1 Å². The molecule has 0 aliphatic carbocycles. The first kappa shape index (κ1) is 13.0. The number of rotatable bonds is 3. The van der Waals surface area contributed by atoms with Crippen LogP contribution in [0.5, 0.6) is 5.75 Å². The number of aromatic nitrogens is 2. The first-order chi connectivity index (χ1) is 8.58. The van der Waals surface area contributed by atoms with Gasteiger partial charge in [0.25, 0.3) is 0 Å². The second-order valence-electron chi connectivity index (χ2n) is 4.42. The Morgan fingerprint density at radius 2 is 2.00 bits per heavy atom. The van der Waals surface area contributed by atoms with Gasteiger partial charge in [-0.15, -0.1) is 11.6 Å². The Kier molecular flexibility index (Phi) is 3.62. The van der Waals surface area contributed by atoms with Crippen LogP contribution in [0.3, 0.4) is 0 Å². The lowest BCUT2D eigenvalue weighted by molar-refractivity contribution is 0.412. The molecule has 1 heterocycles. The van der Waals surface area contributed by atoms with Gasteiger partial charge in [-0.25, -0.2) is 4.98 Å². The lowest BCUT2D eigenvalue weighted by atomic mass is 9.97. The largest absolute Gasteiger partial charge is 0.496 e. The summed E-state index contributed by atoms with van der Waals surface area (Å²) in [6, 6.07) is 2.16. The molecule has 0 fully saturated rings. The average molecular weight is 265 g/mol. The third-order valence-electron chi connectivity index (χ3n) is 3.21. The first-order valence-corrected chi connectivity index (χ1v) is 6.37. The Bertz CT molecular complexity index is 575. The van der Waals surface area contributed by atoms with Crippen LogP contribution in [-0.4, -0.2) is 17.1 Å². The van der Waals surface area contributed by atoms with Gasteiger partial charge in [-0.1, -0.05) is 6.07 Å². The zero-order chi connectivity index (χ0) is 13.3. The van der Waals surface area contributed by atoms with Crippen molar-refractivity contribution in [2.45, 2.75) is 26.7 Å². The summed E-state index contributed by atoms with van der Waals surface area (Å²) in [6.07, 6.45) is 1.80. The zero-order valence-corrected chi connectivity index (χ0v) is 11.9. The highest BCUT2D eigenvalue weighted by Gasteiger charge is 2.15. The number of alkyl halides is 1. The number of aromatic amines is 1. The van der Waals surface area contributed by atoms with E-state index in [1.54, 1.807) is 13.3 Å². The van der Waals surface area contributed by atoms with Crippen LogP contribution in [0.25, 0.3) is 11.3 Å². The molecule has 2 aromatic rings. The number of hydrogen-bond donors (Lipinski definition) is 1. The molecule has 0 atom stereocenters. The average Bonchev–Trinajstić information content (AvgIpc) is 2.81. The number of halogens is 1. The van der Waals surface area contributed by atoms with E-state index in [2.05, 4.69) is 36.8 Å². The zero-order valence-electron chi connectivity index (χ0n) is 11.1. The van der Waals surface area contributed by atoms with Crippen LogP contribution >= 0.6 is 11.6 Å². The fourth-order valence-electron chi connectivity index (χ4n) is 2.20. The minimum atomic E-state index is 0.381. The summed E-state index contributed by atoms with van der Waals surface area (Å²) in [5.74, 6) is 2.05. The Morgan fingerprint density at radius 1 is 1.28 bits per heavy atom. The summed E-state index contributed by atoms with van der Waals surface area (Å²) in [6.45, 7) is 6.23. The number of nitrogens with zero attached hydrogens (tertiary/aromatic N) is 1. The van der Waals surface area contributed by atoms with Crippen molar-refractivity contribution in [1.29, 1.82) is 0 Å². The summed E-state index contributed by atoms with van der Waals surface area (Å²) < 4.78 is 5.55. The van der Waals surface area contributed by atoms with E-state index in [-0.39, 0.29) is 0 Å². The topological polar surface area (TPSA) is 37.9 Å². The maximum atomic E-state index is 5.77. The van der Waals surface area contributed by atoms with Crippen molar-refractivity contribution in [2.75, 3.05) is 7.11 Å². The molecule has 18 heavy (non-hydrogen) atoms. The predicted molar refractivity (Wildman–Crippen MR) is 74.3 cm³/mol. The van der Waals surface area contributed by atoms with E-state index in [9.17, 15) is 0 Å². The number of methoxy groups -OCH3 is 1. The normalized spacial score (nSPS) is 10.7. The van der Waals surface area contributed by atoms with E-state index >= 15 is 0 Å². The highest BCUT2D eigenvalue weighted by Crippen LogP contribution is 2.36. The molecule has 1 aromatic carbocycles. The van der Waals surface area contributed by atoms with Gasteiger partial charge >= 0.3 is 0 Å².